The number of hydrogen-bond donors (Lipinski definition) is 0. The molecule has 0 unspecified atom stereocenters. The Kier molecular flexibility index (Phi) is 3.74. The summed E-state index contributed by atoms with van der Waals surface area (Å²) in [4.78, 5) is 24.9. The summed E-state index contributed by atoms with van der Waals surface area (Å²) in [5.74, 6) is -0.332. The zero-order chi connectivity index (χ0) is 14.5. The van der Waals surface area contributed by atoms with Gasteiger partial charge in [-0.2, -0.15) is 0 Å². The second kappa shape index (κ2) is 5.64. The van der Waals surface area contributed by atoms with Gasteiger partial charge in [-0.05, 0) is 11.6 Å². The Labute approximate surface area is 113 Å². The van der Waals surface area contributed by atoms with E-state index in [0.29, 0.717) is 5.56 Å². The summed E-state index contributed by atoms with van der Waals surface area (Å²) >= 11 is 0. The van der Waals surface area contributed by atoms with Gasteiger partial charge < -0.3 is 0 Å². The first-order valence-electron chi connectivity index (χ1n) is 5.57. The molecule has 0 aliphatic rings. The highest BCUT2D eigenvalue weighted by atomic mass is 16.6. The average molecular weight is 268 g/mol. The van der Waals surface area contributed by atoms with Gasteiger partial charge in [0.05, 0.1) is 4.92 Å². The summed E-state index contributed by atoms with van der Waals surface area (Å²) in [6.07, 6.45) is 0. The first-order chi connectivity index (χ1) is 9.63. The molecule has 0 N–H and O–H groups in total. The molecular weight excluding hydrogens is 260 g/mol. The van der Waals surface area contributed by atoms with Gasteiger partial charge >= 0.3 is 0 Å². The SMILES string of the molecule is [N-]=[N+]=Nc1ccc(C(=O)c2ccccc2)cc1[N+](=O)[O-]. The van der Waals surface area contributed by atoms with Crippen molar-refractivity contribution in [3.63, 3.8) is 0 Å². The maximum atomic E-state index is 12.2. The summed E-state index contributed by atoms with van der Waals surface area (Å²) in [6.45, 7) is 0. The summed E-state index contributed by atoms with van der Waals surface area (Å²) in [6, 6.07) is 12.2. The van der Waals surface area contributed by atoms with Crippen LogP contribution < -0.4 is 0 Å². The fourth-order valence-corrected chi connectivity index (χ4v) is 1.70. The smallest absolute Gasteiger partial charge is 0.279 e. The maximum absolute atomic E-state index is 12.2. The molecule has 2 aromatic carbocycles. The Hall–Kier alpha value is -3.18. The number of benzene rings is 2. The Bertz CT molecular complexity index is 722. The number of azide groups is 1. The van der Waals surface area contributed by atoms with Gasteiger partial charge in [0, 0.05) is 22.1 Å². The van der Waals surface area contributed by atoms with E-state index in [1.54, 1.807) is 30.3 Å². The van der Waals surface area contributed by atoms with E-state index < -0.39 is 10.6 Å². The summed E-state index contributed by atoms with van der Waals surface area (Å²) < 4.78 is 0. The first kappa shape index (κ1) is 13.3. The zero-order valence-electron chi connectivity index (χ0n) is 10.1. The molecule has 0 spiro atoms. The number of rotatable bonds is 4. The number of carbonyl (C=O) groups is 1. The fourth-order valence-electron chi connectivity index (χ4n) is 1.70. The molecule has 0 fully saturated rings. The van der Waals surface area contributed by atoms with Crippen LogP contribution in [0.15, 0.2) is 53.6 Å². The van der Waals surface area contributed by atoms with E-state index in [1.807, 2.05) is 0 Å². The average Bonchev–Trinajstić information content (AvgIpc) is 2.48. The lowest BCUT2D eigenvalue weighted by molar-refractivity contribution is -0.384. The molecule has 0 amide bonds. The van der Waals surface area contributed by atoms with Crippen LogP contribution in [0, 0.1) is 10.1 Å². The highest BCUT2D eigenvalue weighted by Gasteiger charge is 2.17. The summed E-state index contributed by atoms with van der Waals surface area (Å²) in [5, 5.41) is 14.1. The summed E-state index contributed by atoms with van der Waals surface area (Å²) in [7, 11) is 0. The van der Waals surface area contributed by atoms with E-state index in [-0.39, 0.29) is 17.0 Å². The number of ketones is 1. The van der Waals surface area contributed by atoms with E-state index in [1.165, 1.54) is 12.1 Å². The second-order valence-corrected chi connectivity index (χ2v) is 3.85. The molecule has 0 aromatic heterocycles. The first-order valence-corrected chi connectivity index (χ1v) is 5.57. The monoisotopic (exact) mass is 268 g/mol. The summed E-state index contributed by atoms with van der Waals surface area (Å²) in [5.41, 5.74) is 8.43. The Morgan fingerprint density at radius 3 is 2.45 bits per heavy atom. The van der Waals surface area contributed by atoms with Crippen molar-refractivity contribution in [2.45, 2.75) is 0 Å². The van der Waals surface area contributed by atoms with Crippen LogP contribution in [0.4, 0.5) is 11.4 Å². The van der Waals surface area contributed by atoms with Gasteiger partial charge in [-0.3, -0.25) is 14.9 Å². The standard InChI is InChI=1S/C13H8N4O3/c14-16-15-11-7-6-10(8-12(11)17(19)20)13(18)9-4-2-1-3-5-9/h1-8H. The van der Waals surface area contributed by atoms with Crippen molar-refractivity contribution in [3.05, 3.63) is 80.2 Å². The van der Waals surface area contributed by atoms with Gasteiger partial charge in [0.1, 0.15) is 5.69 Å². The molecule has 20 heavy (non-hydrogen) atoms. The quantitative estimate of drug-likeness (QED) is 0.210. The molecule has 0 saturated heterocycles. The number of hydrogen-bond acceptors (Lipinski definition) is 4. The predicted molar refractivity (Wildman–Crippen MR) is 71.8 cm³/mol. The van der Waals surface area contributed by atoms with Crippen LogP contribution in [0.2, 0.25) is 0 Å². The van der Waals surface area contributed by atoms with Crippen molar-refractivity contribution in [2.24, 2.45) is 5.11 Å². The largest absolute Gasteiger partial charge is 0.289 e. The Morgan fingerprint density at radius 2 is 1.85 bits per heavy atom. The topological polar surface area (TPSA) is 109 Å². The van der Waals surface area contributed by atoms with E-state index in [9.17, 15) is 14.9 Å². The minimum absolute atomic E-state index is 0.123. The van der Waals surface area contributed by atoms with E-state index >= 15 is 0 Å². The lowest BCUT2D eigenvalue weighted by Crippen LogP contribution is -2.01. The molecule has 0 aliphatic heterocycles. The van der Waals surface area contributed by atoms with E-state index in [4.69, 9.17) is 5.53 Å². The molecular formula is C13H8N4O3. The third kappa shape index (κ3) is 2.63. The van der Waals surface area contributed by atoms with Crippen molar-refractivity contribution < 1.29 is 9.72 Å². The molecule has 0 heterocycles. The molecule has 98 valence electrons. The number of nitrogens with zero attached hydrogens (tertiary/aromatic N) is 4. The Balaban J connectivity index is 2.49. The Morgan fingerprint density at radius 1 is 1.15 bits per heavy atom. The third-order valence-corrected chi connectivity index (χ3v) is 2.62. The van der Waals surface area contributed by atoms with Crippen molar-refractivity contribution in [1.82, 2.24) is 0 Å². The molecule has 7 nitrogen and oxygen atoms in total. The van der Waals surface area contributed by atoms with Gasteiger partial charge in [0.15, 0.2) is 5.78 Å². The highest BCUT2D eigenvalue weighted by Crippen LogP contribution is 2.29. The van der Waals surface area contributed by atoms with Gasteiger partial charge in [0.2, 0.25) is 0 Å². The fraction of sp³-hybridized carbons (Fsp3) is 0. The minimum atomic E-state index is -0.689. The maximum Gasteiger partial charge on any atom is 0.279 e. The lowest BCUT2D eigenvalue weighted by Gasteiger charge is -2.02. The molecule has 0 radical (unpaired) electrons. The normalized spacial score (nSPS) is 9.60. The van der Waals surface area contributed by atoms with Gasteiger partial charge in [-0.15, -0.1) is 0 Å². The van der Waals surface area contributed by atoms with Crippen LogP contribution in [0.5, 0.6) is 0 Å². The second-order valence-electron chi connectivity index (χ2n) is 3.85. The molecule has 0 atom stereocenters. The minimum Gasteiger partial charge on any atom is -0.289 e. The van der Waals surface area contributed by atoms with Crippen LogP contribution in [0.3, 0.4) is 0 Å². The van der Waals surface area contributed by atoms with Crippen LogP contribution in [-0.2, 0) is 0 Å². The molecule has 7 heteroatoms. The van der Waals surface area contributed by atoms with Crippen LogP contribution in [0.25, 0.3) is 10.4 Å². The number of nitro benzene ring substituents is 1. The molecule has 0 aliphatic carbocycles. The predicted octanol–water partition coefficient (Wildman–Crippen LogP) is 3.77. The molecule has 2 aromatic rings. The van der Waals surface area contributed by atoms with Gasteiger partial charge in [-0.25, -0.2) is 0 Å². The third-order valence-electron chi connectivity index (χ3n) is 2.62. The highest BCUT2D eigenvalue weighted by molar-refractivity contribution is 6.09. The van der Waals surface area contributed by atoms with Crippen LogP contribution >= 0.6 is 0 Å². The van der Waals surface area contributed by atoms with Crippen molar-refractivity contribution in [1.29, 1.82) is 0 Å². The van der Waals surface area contributed by atoms with E-state index in [0.717, 1.165) is 6.07 Å². The number of carbonyl (C=O) groups excluding carboxylic acids is 1. The van der Waals surface area contributed by atoms with Gasteiger partial charge in [-0.1, -0.05) is 41.5 Å². The van der Waals surface area contributed by atoms with Crippen LogP contribution in [-0.4, -0.2) is 10.7 Å². The number of nitro groups is 1. The molecule has 0 bridgehead atoms. The zero-order valence-corrected chi connectivity index (χ0v) is 10.1. The lowest BCUT2D eigenvalue weighted by atomic mass is 10.0. The molecule has 0 saturated carbocycles. The molecule has 2 rings (SSSR count). The van der Waals surface area contributed by atoms with Crippen molar-refractivity contribution >= 4 is 17.2 Å². The van der Waals surface area contributed by atoms with Crippen LogP contribution in [0.1, 0.15) is 15.9 Å². The van der Waals surface area contributed by atoms with E-state index in [2.05, 4.69) is 10.0 Å². The van der Waals surface area contributed by atoms with Crippen molar-refractivity contribution in [2.75, 3.05) is 0 Å². The van der Waals surface area contributed by atoms with Gasteiger partial charge in [0.25, 0.3) is 5.69 Å². The van der Waals surface area contributed by atoms with Crippen molar-refractivity contribution in [3.8, 4) is 0 Å².